The first-order valence-corrected chi connectivity index (χ1v) is 9.22. The molecule has 2 aliphatic heterocycles. The molecule has 1 saturated carbocycles. The molecule has 0 radical (unpaired) electrons. The molecule has 1 atom stereocenters. The minimum atomic E-state index is -0.367. The summed E-state index contributed by atoms with van der Waals surface area (Å²) < 4.78 is 5.48. The van der Waals surface area contributed by atoms with Crippen LogP contribution in [0.3, 0.4) is 0 Å². The van der Waals surface area contributed by atoms with E-state index in [1.807, 2.05) is 48.5 Å². The van der Waals surface area contributed by atoms with Gasteiger partial charge in [0.25, 0.3) is 0 Å². The molecule has 1 N–H and O–H groups in total. The molecule has 2 heterocycles. The molecule has 134 valence electrons. The Morgan fingerprint density at radius 2 is 1.77 bits per heavy atom. The van der Waals surface area contributed by atoms with Crippen LogP contribution in [-0.4, -0.2) is 25.3 Å². The highest BCUT2D eigenvalue weighted by molar-refractivity contribution is 6.30. The molecular weight excluding hydrogens is 350 g/mol. The lowest BCUT2D eigenvalue weighted by Gasteiger charge is -2.21. The van der Waals surface area contributed by atoms with Crippen LogP contribution >= 0.6 is 11.6 Å². The monoisotopic (exact) mass is 369 g/mol. The van der Waals surface area contributed by atoms with Crippen LogP contribution in [0, 0.1) is 0 Å². The van der Waals surface area contributed by atoms with Crippen molar-refractivity contribution in [1.29, 1.82) is 0 Å². The Kier molecular flexibility index (Phi) is 4.33. The van der Waals surface area contributed by atoms with E-state index < -0.39 is 0 Å². The molecular formula is C21H20ClNO3. The maximum Gasteiger partial charge on any atom is 0.339 e. The van der Waals surface area contributed by atoms with E-state index in [9.17, 15) is 9.59 Å². The van der Waals surface area contributed by atoms with Crippen molar-refractivity contribution in [3.63, 3.8) is 0 Å². The SMILES string of the molecule is O=C1OC2(CCNC2)c2ccccc21.O=CC1(c2ccc(Cl)cc2)CC1. The lowest BCUT2D eigenvalue weighted by molar-refractivity contribution is -0.109. The van der Waals surface area contributed by atoms with Crippen LogP contribution < -0.4 is 5.32 Å². The summed E-state index contributed by atoms with van der Waals surface area (Å²) in [5.74, 6) is -0.177. The zero-order valence-electron chi connectivity index (χ0n) is 14.3. The molecule has 5 rings (SSSR count). The average molecular weight is 370 g/mol. The molecule has 1 spiro atoms. The van der Waals surface area contributed by atoms with Crippen molar-refractivity contribution < 1.29 is 14.3 Å². The number of nitrogens with one attached hydrogen (secondary N) is 1. The lowest BCUT2D eigenvalue weighted by atomic mass is 9.92. The topological polar surface area (TPSA) is 55.4 Å². The Hall–Kier alpha value is -2.17. The van der Waals surface area contributed by atoms with Crippen molar-refractivity contribution in [3.8, 4) is 0 Å². The zero-order chi connectivity index (χ0) is 18.2. The van der Waals surface area contributed by atoms with Crippen LogP contribution in [0.5, 0.6) is 0 Å². The van der Waals surface area contributed by atoms with Crippen LogP contribution in [0.4, 0.5) is 0 Å². The van der Waals surface area contributed by atoms with Crippen molar-refractivity contribution >= 4 is 23.9 Å². The molecule has 1 saturated heterocycles. The Morgan fingerprint density at radius 3 is 2.38 bits per heavy atom. The maximum absolute atomic E-state index is 11.6. The van der Waals surface area contributed by atoms with Gasteiger partial charge in [0.2, 0.25) is 0 Å². The Morgan fingerprint density at radius 1 is 1.04 bits per heavy atom. The molecule has 2 aromatic rings. The normalized spacial score (nSPS) is 24.4. The second-order valence-corrected chi connectivity index (χ2v) is 7.57. The van der Waals surface area contributed by atoms with Crippen LogP contribution in [-0.2, 0) is 20.5 Å². The number of hydrogen-bond acceptors (Lipinski definition) is 4. The summed E-state index contributed by atoms with van der Waals surface area (Å²) in [5.41, 5.74) is 2.35. The van der Waals surface area contributed by atoms with Gasteiger partial charge in [-0.25, -0.2) is 4.79 Å². The summed E-state index contributed by atoms with van der Waals surface area (Å²) in [6.07, 6.45) is 3.91. The largest absolute Gasteiger partial charge is 0.449 e. The summed E-state index contributed by atoms with van der Waals surface area (Å²) in [7, 11) is 0. The fourth-order valence-corrected chi connectivity index (χ4v) is 3.85. The van der Waals surface area contributed by atoms with Crippen molar-refractivity contribution in [2.75, 3.05) is 13.1 Å². The minimum Gasteiger partial charge on any atom is -0.449 e. The molecule has 0 aromatic heterocycles. The molecule has 5 heteroatoms. The van der Waals surface area contributed by atoms with Crippen molar-refractivity contribution in [2.45, 2.75) is 30.3 Å². The molecule has 0 bridgehead atoms. The Bertz CT molecular complexity index is 837. The first-order chi connectivity index (χ1) is 12.6. The van der Waals surface area contributed by atoms with E-state index in [0.717, 1.165) is 60.4 Å². The third-order valence-electron chi connectivity index (χ3n) is 5.48. The smallest absolute Gasteiger partial charge is 0.339 e. The van der Waals surface area contributed by atoms with E-state index in [0.29, 0.717) is 0 Å². The molecule has 26 heavy (non-hydrogen) atoms. The van der Waals surface area contributed by atoms with Gasteiger partial charge in [0.1, 0.15) is 6.29 Å². The lowest BCUT2D eigenvalue weighted by Crippen LogP contribution is -2.28. The Balaban J connectivity index is 0.000000131. The molecule has 2 aromatic carbocycles. The van der Waals surface area contributed by atoms with Gasteiger partial charge in [-0.1, -0.05) is 41.9 Å². The predicted molar refractivity (Wildman–Crippen MR) is 99.5 cm³/mol. The van der Waals surface area contributed by atoms with Gasteiger partial charge >= 0.3 is 5.97 Å². The fourth-order valence-electron chi connectivity index (χ4n) is 3.72. The molecule has 1 aliphatic carbocycles. The highest BCUT2D eigenvalue weighted by atomic mass is 35.5. The predicted octanol–water partition coefficient (Wildman–Crippen LogP) is 3.62. The van der Waals surface area contributed by atoms with Crippen molar-refractivity contribution in [2.24, 2.45) is 0 Å². The van der Waals surface area contributed by atoms with E-state index in [2.05, 4.69) is 5.32 Å². The number of fused-ring (bicyclic) bond motifs is 2. The Labute approximate surface area is 157 Å². The van der Waals surface area contributed by atoms with Crippen molar-refractivity contribution in [3.05, 3.63) is 70.2 Å². The number of carbonyl (C=O) groups is 2. The first-order valence-electron chi connectivity index (χ1n) is 8.85. The van der Waals surface area contributed by atoms with E-state index in [4.69, 9.17) is 16.3 Å². The standard InChI is InChI=1S/C11H11NO2.C10H9ClO/c13-10-8-3-1-2-4-9(8)11(14-10)5-6-12-7-11;11-9-3-1-8(2-4-9)10(7-12)5-6-10/h1-4,12H,5-7H2;1-4,7H,5-6H2. The third kappa shape index (κ3) is 2.93. The number of halogens is 1. The number of ether oxygens (including phenoxy) is 1. The summed E-state index contributed by atoms with van der Waals surface area (Å²) >= 11 is 5.74. The highest BCUT2D eigenvalue weighted by Gasteiger charge is 2.47. The van der Waals surface area contributed by atoms with Crippen LogP contribution in [0.1, 0.15) is 40.7 Å². The number of rotatable bonds is 2. The highest BCUT2D eigenvalue weighted by Crippen LogP contribution is 2.46. The van der Waals surface area contributed by atoms with Crippen LogP contribution in [0.15, 0.2) is 48.5 Å². The molecule has 1 unspecified atom stereocenters. The van der Waals surface area contributed by atoms with Gasteiger partial charge in [-0.2, -0.15) is 0 Å². The summed E-state index contributed by atoms with van der Waals surface area (Å²) in [6, 6.07) is 15.2. The van der Waals surface area contributed by atoms with Gasteiger partial charge < -0.3 is 14.8 Å². The molecule has 2 fully saturated rings. The second kappa shape index (κ2) is 6.53. The van der Waals surface area contributed by atoms with Crippen molar-refractivity contribution in [1.82, 2.24) is 5.32 Å². The maximum atomic E-state index is 11.6. The number of benzene rings is 2. The van der Waals surface area contributed by atoms with E-state index in [1.165, 1.54) is 0 Å². The second-order valence-electron chi connectivity index (χ2n) is 7.14. The van der Waals surface area contributed by atoms with Crippen LogP contribution in [0.2, 0.25) is 5.02 Å². The zero-order valence-corrected chi connectivity index (χ0v) is 15.1. The molecule has 0 amide bonds. The van der Waals surface area contributed by atoms with Gasteiger partial charge in [0.15, 0.2) is 5.60 Å². The van der Waals surface area contributed by atoms with Gasteiger partial charge in [0, 0.05) is 23.6 Å². The number of esters is 1. The summed E-state index contributed by atoms with van der Waals surface area (Å²) in [6.45, 7) is 1.66. The van der Waals surface area contributed by atoms with Gasteiger partial charge in [-0.3, -0.25) is 0 Å². The van der Waals surface area contributed by atoms with E-state index >= 15 is 0 Å². The first kappa shape index (κ1) is 17.3. The quantitative estimate of drug-likeness (QED) is 0.649. The average Bonchev–Trinajstić information content (AvgIpc) is 3.25. The molecule has 4 nitrogen and oxygen atoms in total. The molecule has 3 aliphatic rings. The number of hydrogen-bond donors (Lipinski definition) is 1. The summed E-state index contributed by atoms with van der Waals surface area (Å²) in [4.78, 5) is 22.3. The van der Waals surface area contributed by atoms with E-state index in [-0.39, 0.29) is 17.0 Å². The number of carbonyl (C=O) groups excluding carboxylic acids is 2. The van der Waals surface area contributed by atoms with Gasteiger partial charge in [-0.05, 0) is 43.1 Å². The van der Waals surface area contributed by atoms with Gasteiger partial charge in [0.05, 0.1) is 11.0 Å². The van der Waals surface area contributed by atoms with E-state index in [1.54, 1.807) is 0 Å². The number of aldehydes is 1. The van der Waals surface area contributed by atoms with Gasteiger partial charge in [-0.15, -0.1) is 0 Å². The third-order valence-corrected chi connectivity index (χ3v) is 5.73. The minimum absolute atomic E-state index is 0.162. The fraction of sp³-hybridized carbons (Fsp3) is 0.333. The summed E-state index contributed by atoms with van der Waals surface area (Å²) in [5, 5.41) is 3.96. The van der Waals surface area contributed by atoms with Crippen LogP contribution in [0.25, 0.3) is 0 Å².